The number of rotatable bonds is 3. The highest BCUT2D eigenvalue weighted by atomic mass is 16.5. The number of aryl methyl sites for hydroxylation is 3. The average Bonchev–Trinajstić information content (AvgIpc) is 3.29. The van der Waals surface area contributed by atoms with Crippen molar-refractivity contribution < 1.29 is 9.32 Å². The Hall–Kier alpha value is -2.44. The van der Waals surface area contributed by atoms with Crippen LogP contribution in [0.1, 0.15) is 72.0 Å². The third-order valence-electron chi connectivity index (χ3n) is 5.17. The number of carbonyl (C=O) groups is 1. The fourth-order valence-electron chi connectivity index (χ4n) is 3.81. The van der Waals surface area contributed by atoms with Crippen LogP contribution >= 0.6 is 0 Å². The molecule has 3 heterocycles. The molecular formula is C18H22N4O3. The molecule has 7 heteroatoms. The van der Waals surface area contributed by atoms with Gasteiger partial charge in [-0.15, -0.1) is 0 Å². The van der Waals surface area contributed by atoms with Gasteiger partial charge in [0, 0.05) is 18.7 Å². The van der Waals surface area contributed by atoms with Crippen molar-refractivity contribution in [3.63, 3.8) is 0 Å². The van der Waals surface area contributed by atoms with Gasteiger partial charge in [-0.05, 0) is 50.2 Å². The molecule has 0 aromatic carbocycles. The molecule has 2 aromatic heterocycles. The van der Waals surface area contributed by atoms with Crippen molar-refractivity contribution in [3.05, 3.63) is 45.0 Å². The molecule has 1 aliphatic heterocycles. The van der Waals surface area contributed by atoms with Gasteiger partial charge in [0.25, 0.3) is 11.5 Å². The van der Waals surface area contributed by atoms with E-state index in [4.69, 9.17) is 4.52 Å². The van der Waals surface area contributed by atoms with E-state index >= 15 is 0 Å². The monoisotopic (exact) mass is 342 g/mol. The minimum absolute atomic E-state index is 0.216. The van der Waals surface area contributed by atoms with E-state index in [0.29, 0.717) is 24.7 Å². The molecule has 1 aliphatic carbocycles. The fourth-order valence-corrected chi connectivity index (χ4v) is 3.81. The van der Waals surface area contributed by atoms with Gasteiger partial charge in [-0.25, -0.2) is 0 Å². The summed E-state index contributed by atoms with van der Waals surface area (Å²) < 4.78 is 5.19. The van der Waals surface area contributed by atoms with E-state index in [9.17, 15) is 9.59 Å². The Balaban J connectivity index is 1.64. The molecule has 0 spiro atoms. The molecule has 1 saturated heterocycles. The van der Waals surface area contributed by atoms with Gasteiger partial charge >= 0.3 is 0 Å². The molecule has 7 nitrogen and oxygen atoms in total. The summed E-state index contributed by atoms with van der Waals surface area (Å²) in [5.74, 6) is 0.873. The lowest BCUT2D eigenvalue weighted by molar-refractivity contribution is 0.0726. The van der Waals surface area contributed by atoms with E-state index < -0.39 is 0 Å². The summed E-state index contributed by atoms with van der Waals surface area (Å²) in [6, 6.07) is 1.57. The molecule has 1 fully saturated rings. The number of H-pyrrole nitrogens is 1. The average molecular weight is 342 g/mol. The Morgan fingerprint density at radius 1 is 1.36 bits per heavy atom. The lowest BCUT2D eigenvalue weighted by Gasteiger charge is -2.23. The second-order valence-corrected chi connectivity index (χ2v) is 6.78. The Bertz CT molecular complexity index is 854. The number of hydrogen-bond donors (Lipinski definition) is 1. The second kappa shape index (κ2) is 6.46. The summed E-state index contributed by atoms with van der Waals surface area (Å²) in [5, 5.41) is 4.02. The highest BCUT2D eigenvalue weighted by Gasteiger charge is 2.35. The Morgan fingerprint density at radius 2 is 2.20 bits per heavy atom. The van der Waals surface area contributed by atoms with E-state index in [1.165, 1.54) is 0 Å². The van der Waals surface area contributed by atoms with Gasteiger partial charge in [0.1, 0.15) is 5.56 Å². The SMILES string of the molecule is CCc1nc([C@@H]2CCCN2C(=O)c2cc3c([nH]c2=O)CCCC3)no1. The number of amides is 1. The molecule has 2 aliphatic rings. The number of aromatic nitrogens is 3. The summed E-state index contributed by atoms with van der Waals surface area (Å²) in [4.78, 5) is 34.5. The van der Waals surface area contributed by atoms with E-state index in [0.717, 1.165) is 49.8 Å². The number of likely N-dealkylation sites (tertiary alicyclic amines) is 1. The number of nitrogens with zero attached hydrogens (tertiary/aromatic N) is 3. The molecule has 1 N–H and O–H groups in total. The summed E-state index contributed by atoms with van der Waals surface area (Å²) >= 11 is 0. The maximum Gasteiger partial charge on any atom is 0.261 e. The van der Waals surface area contributed by atoms with Gasteiger partial charge in [-0.1, -0.05) is 12.1 Å². The van der Waals surface area contributed by atoms with Crippen LogP contribution in [0.3, 0.4) is 0 Å². The third kappa shape index (κ3) is 2.88. The largest absolute Gasteiger partial charge is 0.339 e. The molecule has 132 valence electrons. The zero-order valence-corrected chi connectivity index (χ0v) is 14.4. The van der Waals surface area contributed by atoms with Crippen molar-refractivity contribution in [3.8, 4) is 0 Å². The van der Waals surface area contributed by atoms with Gasteiger partial charge < -0.3 is 14.4 Å². The molecule has 4 rings (SSSR count). The van der Waals surface area contributed by atoms with Gasteiger partial charge in [0.05, 0.1) is 6.04 Å². The summed E-state index contributed by atoms with van der Waals surface area (Å²) in [6.07, 6.45) is 6.31. The van der Waals surface area contributed by atoms with E-state index in [2.05, 4.69) is 15.1 Å². The Morgan fingerprint density at radius 3 is 3.00 bits per heavy atom. The van der Waals surface area contributed by atoms with Crippen LogP contribution in [0.5, 0.6) is 0 Å². The number of aromatic amines is 1. The molecule has 1 amide bonds. The number of carbonyl (C=O) groups excluding carboxylic acids is 1. The normalized spacial score (nSPS) is 19.9. The van der Waals surface area contributed by atoms with Crippen molar-refractivity contribution in [2.24, 2.45) is 0 Å². The standard InChI is InChI=1S/C18H22N4O3/c1-2-15-20-16(21-25-15)14-8-5-9-22(14)18(24)12-10-11-6-3-4-7-13(11)19-17(12)23/h10,14H,2-9H2,1H3,(H,19,23)/t14-/m0/s1. The molecule has 2 aromatic rings. The number of fused-ring (bicyclic) bond motifs is 1. The van der Waals surface area contributed by atoms with Crippen molar-refractivity contribution in [2.75, 3.05) is 6.54 Å². The van der Waals surface area contributed by atoms with Crippen LogP contribution < -0.4 is 5.56 Å². The summed E-state index contributed by atoms with van der Waals surface area (Å²) in [7, 11) is 0. The predicted octanol–water partition coefficient (Wildman–Crippen LogP) is 2.18. The van der Waals surface area contributed by atoms with Crippen molar-refractivity contribution >= 4 is 5.91 Å². The Kier molecular flexibility index (Phi) is 4.15. The maximum absolute atomic E-state index is 13.0. The first-order valence-corrected chi connectivity index (χ1v) is 9.06. The van der Waals surface area contributed by atoms with Crippen LogP contribution in [0, 0.1) is 0 Å². The van der Waals surface area contributed by atoms with E-state index in [-0.39, 0.29) is 23.1 Å². The molecule has 0 saturated carbocycles. The molecular weight excluding hydrogens is 320 g/mol. The zero-order chi connectivity index (χ0) is 17.4. The molecule has 1 atom stereocenters. The first kappa shape index (κ1) is 16.1. The van der Waals surface area contributed by atoms with Crippen LogP contribution in [0.25, 0.3) is 0 Å². The third-order valence-corrected chi connectivity index (χ3v) is 5.17. The van der Waals surface area contributed by atoms with Crippen LogP contribution in [-0.2, 0) is 19.3 Å². The first-order valence-electron chi connectivity index (χ1n) is 9.06. The van der Waals surface area contributed by atoms with Crippen molar-refractivity contribution in [1.29, 1.82) is 0 Å². The molecule has 0 radical (unpaired) electrons. The van der Waals surface area contributed by atoms with E-state index in [1.807, 2.05) is 6.92 Å². The van der Waals surface area contributed by atoms with Crippen LogP contribution in [0.4, 0.5) is 0 Å². The van der Waals surface area contributed by atoms with Crippen LogP contribution in [-0.4, -0.2) is 32.5 Å². The maximum atomic E-state index is 13.0. The highest BCUT2D eigenvalue weighted by molar-refractivity contribution is 5.94. The minimum Gasteiger partial charge on any atom is -0.339 e. The number of hydrogen-bond acceptors (Lipinski definition) is 5. The van der Waals surface area contributed by atoms with Crippen LogP contribution in [0.15, 0.2) is 15.4 Å². The van der Waals surface area contributed by atoms with Crippen molar-refractivity contribution in [2.45, 2.75) is 57.9 Å². The van der Waals surface area contributed by atoms with Gasteiger partial charge in [0.15, 0.2) is 5.82 Å². The first-order chi connectivity index (χ1) is 12.2. The fraction of sp³-hybridized carbons (Fsp3) is 0.556. The Labute approximate surface area is 145 Å². The molecule has 25 heavy (non-hydrogen) atoms. The quantitative estimate of drug-likeness (QED) is 0.923. The molecule has 0 bridgehead atoms. The van der Waals surface area contributed by atoms with Crippen LogP contribution in [0.2, 0.25) is 0 Å². The lowest BCUT2D eigenvalue weighted by atomic mass is 9.95. The number of pyridine rings is 1. The topological polar surface area (TPSA) is 92.1 Å². The van der Waals surface area contributed by atoms with Gasteiger partial charge in [-0.2, -0.15) is 4.98 Å². The van der Waals surface area contributed by atoms with E-state index in [1.54, 1.807) is 11.0 Å². The highest BCUT2D eigenvalue weighted by Crippen LogP contribution is 2.31. The number of nitrogens with one attached hydrogen (secondary N) is 1. The second-order valence-electron chi connectivity index (χ2n) is 6.78. The minimum atomic E-state index is -0.293. The lowest BCUT2D eigenvalue weighted by Crippen LogP contribution is -2.35. The van der Waals surface area contributed by atoms with Gasteiger partial charge in [-0.3, -0.25) is 9.59 Å². The summed E-state index contributed by atoms with van der Waals surface area (Å²) in [6.45, 7) is 2.55. The smallest absolute Gasteiger partial charge is 0.261 e. The van der Waals surface area contributed by atoms with Gasteiger partial charge in [0.2, 0.25) is 5.89 Å². The predicted molar refractivity (Wildman–Crippen MR) is 90.4 cm³/mol. The zero-order valence-electron chi connectivity index (χ0n) is 14.4. The summed E-state index contributed by atoms with van der Waals surface area (Å²) in [5.41, 5.74) is 2.01. The van der Waals surface area contributed by atoms with Crippen molar-refractivity contribution in [1.82, 2.24) is 20.0 Å². The molecule has 0 unspecified atom stereocenters.